The van der Waals surface area contributed by atoms with E-state index in [4.69, 9.17) is 15.6 Å². The number of nitrogens with zero attached hydrogens (tertiary/aromatic N) is 1. The van der Waals surface area contributed by atoms with Crippen LogP contribution in [0.1, 0.15) is 30.1 Å². The van der Waals surface area contributed by atoms with Crippen LogP contribution in [0.2, 0.25) is 0 Å². The van der Waals surface area contributed by atoms with Crippen molar-refractivity contribution in [3.63, 3.8) is 0 Å². The van der Waals surface area contributed by atoms with Crippen molar-refractivity contribution in [3.05, 3.63) is 23.8 Å². The first kappa shape index (κ1) is 16.1. The van der Waals surface area contributed by atoms with E-state index in [0.29, 0.717) is 25.1 Å². The smallest absolute Gasteiger partial charge is 0.335 e. The molecule has 7 heteroatoms. The summed E-state index contributed by atoms with van der Waals surface area (Å²) >= 11 is 0. The molecule has 0 bridgehead atoms. The Kier molecular flexibility index (Phi) is 4.87. The summed E-state index contributed by atoms with van der Waals surface area (Å²) in [6.45, 7) is 2.29. The van der Waals surface area contributed by atoms with Crippen LogP contribution in [0, 0.1) is 0 Å². The van der Waals surface area contributed by atoms with Gasteiger partial charge in [0.05, 0.1) is 23.4 Å². The zero-order valence-corrected chi connectivity index (χ0v) is 12.4. The number of likely N-dealkylation sites (tertiary alicyclic amines) is 1. The van der Waals surface area contributed by atoms with Crippen molar-refractivity contribution in [2.75, 3.05) is 18.9 Å². The molecule has 1 saturated heterocycles. The maximum Gasteiger partial charge on any atom is 0.335 e. The number of hydrogen-bond acceptors (Lipinski definition) is 5. The van der Waals surface area contributed by atoms with Crippen LogP contribution in [0.4, 0.5) is 5.69 Å². The number of hydrogen-bond donors (Lipinski definition) is 3. The molecule has 1 fully saturated rings. The minimum atomic E-state index is -1.06. The molecular weight excluding hydrogens is 288 g/mol. The molecule has 120 valence electrons. The van der Waals surface area contributed by atoms with E-state index >= 15 is 0 Å². The average molecular weight is 308 g/mol. The number of carbonyl (C=O) groups excluding carboxylic acids is 1. The summed E-state index contributed by atoms with van der Waals surface area (Å²) in [5.74, 6) is -0.716. The fourth-order valence-corrected chi connectivity index (χ4v) is 2.56. The van der Waals surface area contributed by atoms with Gasteiger partial charge < -0.3 is 25.6 Å². The molecule has 1 aliphatic rings. The summed E-state index contributed by atoms with van der Waals surface area (Å²) in [4.78, 5) is 24.3. The number of rotatable bonds is 5. The average Bonchev–Trinajstić information content (AvgIpc) is 2.86. The summed E-state index contributed by atoms with van der Waals surface area (Å²) in [5, 5.41) is 18.6. The van der Waals surface area contributed by atoms with Crippen molar-refractivity contribution in [1.82, 2.24) is 4.90 Å². The number of β-amino-alcohol motifs (C(OH)–C–C–N with tert-alkyl or cyclic N) is 1. The Hall–Kier alpha value is -2.28. The van der Waals surface area contributed by atoms with E-state index < -0.39 is 12.1 Å². The number of carbonyl (C=O) groups is 2. The van der Waals surface area contributed by atoms with Gasteiger partial charge in [-0.05, 0) is 24.6 Å². The molecule has 4 N–H and O–H groups in total. The second-order valence-corrected chi connectivity index (χ2v) is 5.31. The van der Waals surface area contributed by atoms with Gasteiger partial charge in [-0.1, -0.05) is 6.92 Å². The first-order chi connectivity index (χ1) is 10.4. The largest absolute Gasteiger partial charge is 0.489 e. The quantitative estimate of drug-likeness (QED) is 0.691. The fraction of sp³-hybridized carbons (Fsp3) is 0.467. The highest BCUT2D eigenvalue weighted by atomic mass is 16.5. The molecule has 1 aromatic carbocycles. The Balaban J connectivity index is 2.03. The van der Waals surface area contributed by atoms with Gasteiger partial charge >= 0.3 is 5.97 Å². The molecule has 0 saturated carbocycles. The molecule has 0 spiro atoms. The highest BCUT2D eigenvalue weighted by molar-refractivity contribution is 5.89. The molecule has 1 amide bonds. The number of benzene rings is 1. The fourth-order valence-electron chi connectivity index (χ4n) is 2.56. The van der Waals surface area contributed by atoms with Crippen molar-refractivity contribution in [2.24, 2.45) is 0 Å². The summed E-state index contributed by atoms with van der Waals surface area (Å²) in [6.07, 6.45) is 0.285. The van der Waals surface area contributed by atoms with Crippen LogP contribution >= 0.6 is 0 Å². The number of aliphatic hydroxyl groups is 1. The SMILES string of the molecule is CCC(=O)N1CC(O)C[C@H]1COc1ccc(C(=O)O)cc1N. The number of aliphatic hydroxyl groups excluding tert-OH is 1. The van der Waals surface area contributed by atoms with Gasteiger partial charge in [-0.3, -0.25) is 4.79 Å². The van der Waals surface area contributed by atoms with Crippen LogP contribution in [0.3, 0.4) is 0 Å². The standard InChI is InChI=1S/C15H20N2O5/c1-2-14(19)17-7-11(18)6-10(17)8-22-13-4-3-9(15(20)21)5-12(13)16/h3-5,10-11,18H,2,6-8,16H2,1H3,(H,20,21)/t10-,11?/m0/s1. The molecule has 1 heterocycles. The zero-order valence-electron chi connectivity index (χ0n) is 12.4. The normalized spacial score (nSPS) is 20.9. The zero-order chi connectivity index (χ0) is 16.3. The van der Waals surface area contributed by atoms with Crippen LogP contribution in [0.25, 0.3) is 0 Å². The highest BCUT2D eigenvalue weighted by Gasteiger charge is 2.34. The maximum atomic E-state index is 11.8. The predicted molar refractivity (Wildman–Crippen MR) is 79.7 cm³/mol. The van der Waals surface area contributed by atoms with E-state index in [0.717, 1.165) is 0 Å². The van der Waals surface area contributed by atoms with E-state index in [1.54, 1.807) is 11.8 Å². The summed E-state index contributed by atoms with van der Waals surface area (Å²) < 4.78 is 5.61. The summed E-state index contributed by atoms with van der Waals surface area (Å²) in [6, 6.07) is 4.03. The minimum absolute atomic E-state index is 0.0284. The molecule has 1 unspecified atom stereocenters. The Labute approximate surface area is 128 Å². The van der Waals surface area contributed by atoms with E-state index in [-0.39, 0.29) is 29.8 Å². The van der Waals surface area contributed by atoms with Crippen LogP contribution in [-0.2, 0) is 4.79 Å². The summed E-state index contributed by atoms with van der Waals surface area (Å²) in [7, 11) is 0. The first-order valence-electron chi connectivity index (χ1n) is 7.15. The molecule has 2 atom stereocenters. The van der Waals surface area contributed by atoms with E-state index in [1.807, 2.05) is 0 Å². The number of nitrogen functional groups attached to an aromatic ring is 1. The third kappa shape index (κ3) is 3.48. The number of anilines is 1. The topological polar surface area (TPSA) is 113 Å². The third-order valence-corrected chi connectivity index (χ3v) is 3.70. The van der Waals surface area contributed by atoms with Gasteiger partial charge in [-0.2, -0.15) is 0 Å². The van der Waals surface area contributed by atoms with Gasteiger partial charge in [0.1, 0.15) is 12.4 Å². The summed E-state index contributed by atoms with van der Waals surface area (Å²) in [5.41, 5.74) is 6.09. The Morgan fingerprint density at radius 2 is 2.18 bits per heavy atom. The molecule has 1 aromatic rings. The Morgan fingerprint density at radius 3 is 2.77 bits per heavy atom. The van der Waals surface area contributed by atoms with Crippen molar-refractivity contribution in [3.8, 4) is 5.75 Å². The van der Waals surface area contributed by atoms with Gasteiger partial charge in [-0.15, -0.1) is 0 Å². The van der Waals surface area contributed by atoms with Crippen molar-refractivity contribution < 1.29 is 24.5 Å². The molecular formula is C15H20N2O5. The van der Waals surface area contributed by atoms with Crippen molar-refractivity contribution >= 4 is 17.6 Å². The van der Waals surface area contributed by atoms with Crippen molar-refractivity contribution in [2.45, 2.75) is 31.9 Å². The molecule has 0 radical (unpaired) electrons. The first-order valence-corrected chi connectivity index (χ1v) is 7.15. The number of aromatic carboxylic acids is 1. The van der Waals surface area contributed by atoms with Gasteiger partial charge in [-0.25, -0.2) is 4.79 Å². The third-order valence-electron chi connectivity index (χ3n) is 3.70. The lowest BCUT2D eigenvalue weighted by Crippen LogP contribution is -2.38. The second-order valence-electron chi connectivity index (χ2n) is 5.31. The monoisotopic (exact) mass is 308 g/mol. The Morgan fingerprint density at radius 1 is 1.45 bits per heavy atom. The lowest BCUT2D eigenvalue weighted by Gasteiger charge is -2.24. The second kappa shape index (κ2) is 6.65. The van der Waals surface area contributed by atoms with Crippen LogP contribution in [-0.4, -0.2) is 52.3 Å². The predicted octanol–water partition coefficient (Wildman–Crippen LogP) is 0.718. The number of nitrogens with two attached hydrogens (primary N) is 1. The highest BCUT2D eigenvalue weighted by Crippen LogP contribution is 2.25. The molecule has 22 heavy (non-hydrogen) atoms. The van der Waals surface area contributed by atoms with Gasteiger partial charge in [0, 0.05) is 13.0 Å². The number of ether oxygens (including phenoxy) is 1. The van der Waals surface area contributed by atoms with Crippen molar-refractivity contribution in [1.29, 1.82) is 0 Å². The van der Waals surface area contributed by atoms with Gasteiger partial charge in [0.15, 0.2) is 0 Å². The van der Waals surface area contributed by atoms with E-state index in [9.17, 15) is 14.7 Å². The molecule has 0 aromatic heterocycles. The number of carboxylic acid groups (broad SMARTS) is 1. The maximum absolute atomic E-state index is 11.8. The number of carboxylic acids is 1. The Bertz CT molecular complexity index is 575. The van der Waals surface area contributed by atoms with Crippen LogP contribution in [0.15, 0.2) is 18.2 Å². The molecule has 7 nitrogen and oxygen atoms in total. The van der Waals surface area contributed by atoms with Crippen LogP contribution < -0.4 is 10.5 Å². The minimum Gasteiger partial charge on any atom is -0.489 e. The molecule has 1 aliphatic heterocycles. The van der Waals surface area contributed by atoms with E-state index in [2.05, 4.69) is 0 Å². The van der Waals surface area contributed by atoms with Gasteiger partial charge in [0.25, 0.3) is 0 Å². The van der Waals surface area contributed by atoms with E-state index in [1.165, 1.54) is 18.2 Å². The number of amides is 1. The lowest BCUT2D eigenvalue weighted by molar-refractivity contribution is -0.132. The lowest BCUT2D eigenvalue weighted by atomic mass is 10.2. The molecule has 0 aliphatic carbocycles. The van der Waals surface area contributed by atoms with Gasteiger partial charge in [0.2, 0.25) is 5.91 Å². The molecule has 2 rings (SSSR count). The van der Waals surface area contributed by atoms with Crippen LogP contribution in [0.5, 0.6) is 5.75 Å².